The standard InChI is InChI=1S/2C18H34O3.Zn/c2*1-2-3-4-11-14-17(19)15-12-9-7-5-6-8-10-13-16-18(20)21;/h2*9,12,17,19H,2-8,10-11,13-16H2,1H3,(H,20,21);. The SMILES string of the molecule is CCCCCCC(O)CC=CCCCCCCCC(=O)O.CCCCCCC(O)CC=CCCCCCCCC(=O)O.[Zn]. The molecule has 0 aliphatic heterocycles. The molecule has 0 bridgehead atoms. The van der Waals surface area contributed by atoms with Gasteiger partial charge in [0.15, 0.2) is 0 Å². The molecule has 0 aromatic rings. The molecular weight excluding hydrogens is 594 g/mol. The van der Waals surface area contributed by atoms with Crippen LogP contribution in [0, 0.1) is 0 Å². The number of aliphatic hydroxyl groups is 2. The van der Waals surface area contributed by atoms with Gasteiger partial charge in [0.2, 0.25) is 0 Å². The molecule has 0 aromatic carbocycles. The minimum absolute atomic E-state index is 0. The second kappa shape index (κ2) is 39.0. The Morgan fingerprint density at radius 2 is 0.814 bits per heavy atom. The second-order valence-corrected chi connectivity index (χ2v) is 11.8. The van der Waals surface area contributed by atoms with Crippen LogP contribution in [0.2, 0.25) is 0 Å². The number of carbonyl (C=O) groups is 2. The molecule has 0 radical (unpaired) electrons. The molecule has 250 valence electrons. The largest absolute Gasteiger partial charge is 0.481 e. The van der Waals surface area contributed by atoms with Crippen LogP contribution in [0.25, 0.3) is 0 Å². The minimum atomic E-state index is -0.689. The second-order valence-electron chi connectivity index (χ2n) is 11.8. The topological polar surface area (TPSA) is 115 Å². The van der Waals surface area contributed by atoms with E-state index >= 15 is 0 Å². The Hall–Kier alpha value is -1.04. The van der Waals surface area contributed by atoms with Crippen molar-refractivity contribution in [3.63, 3.8) is 0 Å². The molecule has 2 atom stereocenters. The average molecular weight is 662 g/mol. The van der Waals surface area contributed by atoms with E-state index in [1.54, 1.807) is 0 Å². The van der Waals surface area contributed by atoms with Crippen molar-refractivity contribution in [2.24, 2.45) is 0 Å². The van der Waals surface area contributed by atoms with Crippen LogP contribution in [-0.2, 0) is 29.1 Å². The first-order valence-electron chi connectivity index (χ1n) is 17.4. The molecule has 2 unspecified atom stereocenters. The molecule has 4 N–H and O–H groups in total. The van der Waals surface area contributed by atoms with Crippen molar-refractivity contribution >= 4 is 11.9 Å². The van der Waals surface area contributed by atoms with E-state index in [-0.39, 0.29) is 31.7 Å². The van der Waals surface area contributed by atoms with Gasteiger partial charge < -0.3 is 20.4 Å². The van der Waals surface area contributed by atoms with Gasteiger partial charge in [-0.15, -0.1) is 0 Å². The van der Waals surface area contributed by atoms with E-state index in [9.17, 15) is 19.8 Å². The zero-order valence-corrected chi connectivity index (χ0v) is 31.1. The first-order valence-corrected chi connectivity index (χ1v) is 17.4. The smallest absolute Gasteiger partial charge is 0.303 e. The van der Waals surface area contributed by atoms with Gasteiger partial charge in [-0.05, 0) is 64.2 Å². The quantitative estimate of drug-likeness (QED) is 0.0346. The van der Waals surface area contributed by atoms with Gasteiger partial charge in [0, 0.05) is 32.3 Å². The molecule has 0 saturated heterocycles. The summed E-state index contributed by atoms with van der Waals surface area (Å²) < 4.78 is 0. The Morgan fingerprint density at radius 3 is 1.16 bits per heavy atom. The van der Waals surface area contributed by atoms with Crippen LogP contribution in [0.3, 0.4) is 0 Å². The summed E-state index contributed by atoms with van der Waals surface area (Å²) in [6.45, 7) is 4.40. The van der Waals surface area contributed by atoms with Crippen LogP contribution in [-0.4, -0.2) is 44.6 Å². The molecule has 6 nitrogen and oxygen atoms in total. The summed E-state index contributed by atoms with van der Waals surface area (Å²) in [6.07, 6.45) is 34.7. The summed E-state index contributed by atoms with van der Waals surface area (Å²) in [4.78, 5) is 20.7. The van der Waals surface area contributed by atoms with E-state index in [1.165, 1.54) is 51.4 Å². The number of aliphatic hydroxyl groups excluding tert-OH is 2. The van der Waals surface area contributed by atoms with Crippen molar-refractivity contribution in [3.05, 3.63) is 24.3 Å². The Kier molecular flexibility index (Phi) is 42.1. The zero-order chi connectivity index (χ0) is 31.5. The van der Waals surface area contributed by atoms with E-state index in [2.05, 4.69) is 38.2 Å². The number of unbranched alkanes of at least 4 members (excludes halogenated alkanes) is 16. The van der Waals surface area contributed by atoms with E-state index in [4.69, 9.17) is 10.2 Å². The number of hydrogen-bond acceptors (Lipinski definition) is 4. The van der Waals surface area contributed by atoms with E-state index < -0.39 is 11.9 Å². The molecule has 0 heterocycles. The maximum Gasteiger partial charge on any atom is 0.303 e. The normalized spacial score (nSPS) is 12.6. The van der Waals surface area contributed by atoms with Gasteiger partial charge in [0.1, 0.15) is 0 Å². The zero-order valence-electron chi connectivity index (χ0n) is 28.2. The van der Waals surface area contributed by atoms with Crippen molar-refractivity contribution in [1.29, 1.82) is 0 Å². The van der Waals surface area contributed by atoms with E-state index in [0.29, 0.717) is 12.8 Å². The van der Waals surface area contributed by atoms with Gasteiger partial charge in [0.25, 0.3) is 0 Å². The summed E-state index contributed by atoms with van der Waals surface area (Å²) in [7, 11) is 0. The maximum atomic E-state index is 10.3. The summed E-state index contributed by atoms with van der Waals surface area (Å²) in [5, 5.41) is 36.6. The van der Waals surface area contributed by atoms with Crippen LogP contribution < -0.4 is 0 Å². The number of allylic oxidation sites excluding steroid dienone is 2. The van der Waals surface area contributed by atoms with Crippen molar-refractivity contribution in [1.82, 2.24) is 0 Å². The number of carboxylic acids is 2. The van der Waals surface area contributed by atoms with Crippen molar-refractivity contribution in [2.45, 2.75) is 193 Å². The fraction of sp³-hybridized carbons (Fsp3) is 0.833. The monoisotopic (exact) mass is 660 g/mol. The van der Waals surface area contributed by atoms with Crippen molar-refractivity contribution in [3.8, 4) is 0 Å². The van der Waals surface area contributed by atoms with E-state index in [1.807, 2.05) is 0 Å². The van der Waals surface area contributed by atoms with Crippen LogP contribution in [0.5, 0.6) is 0 Å². The summed E-state index contributed by atoms with van der Waals surface area (Å²) in [6, 6.07) is 0. The molecule has 0 aliphatic carbocycles. The predicted octanol–water partition coefficient (Wildman–Crippen LogP) is 10.2. The molecule has 0 spiro atoms. The Labute approximate surface area is 278 Å². The molecule has 7 heteroatoms. The van der Waals surface area contributed by atoms with Crippen LogP contribution in [0.1, 0.15) is 181 Å². The number of hydrogen-bond donors (Lipinski definition) is 4. The van der Waals surface area contributed by atoms with Crippen LogP contribution in [0.4, 0.5) is 0 Å². The van der Waals surface area contributed by atoms with Gasteiger partial charge in [-0.1, -0.05) is 128 Å². The summed E-state index contributed by atoms with van der Waals surface area (Å²) >= 11 is 0. The first-order chi connectivity index (χ1) is 20.3. The molecule has 0 aliphatic rings. The van der Waals surface area contributed by atoms with Crippen LogP contribution >= 0.6 is 0 Å². The van der Waals surface area contributed by atoms with Gasteiger partial charge in [-0.3, -0.25) is 9.59 Å². The predicted molar refractivity (Wildman–Crippen MR) is 177 cm³/mol. The molecule has 0 amide bonds. The summed E-state index contributed by atoms with van der Waals surface area (Å²) in [5.41, 5.74) is 0. The third kappa shape index (κ3) is 45.5. The molecule has 43 heavy (non-hydrogen) atoms. The molecule has 0 fully saturated rings. The van der Waals surface area contributed by atoms with Gasteiger partial charge in [-0.2, -0.15) is 0 Å². The van der Waals surface area contributed by atoms with Gasteiger partial charge >= 0.3 is 11.9 Å². The molecular formula is C36H68O6Zn. The van der Waals surface area contributed by atoms with Crippen LogP contribution in [0.15, 0.2) is 24.3 Å². The number of rotatable bonds is 30. The third-order valence-electron chi connectivity index (χ3n) is 7.45. The Morgan fingerprint density at radius 1 is 0.488 bits per heavy atom. The number of carboxylic acid groups (broad SMARTS) is 2. The van der Waals surface area contributed by atoms with Gasteiger partial charge in [0.05, 0.1) is 12.2 Å². The van der Waals surface area contributed by atoms with Gasteiger partial charge in [-0.25, -0.2) is 0 Å². The number of aliphatic carboxylic acids is 2. The maximum absolute atomic E-state index is 10.3. The minimum Gasteiger partial charge on any atom is -0.481 e. The first kappa shape index (κ1) is 46.4. The van der Waals surface area contributed by atoms with E-state index in [0.717, 1.165) is 103 Å². The Balaban J connectivity index is -0.000000727. The average Bonchev–Trinajstić information content (AvgIpc) is 2.95. The van der Waals surface area contributed by atoms with Crippen molar-refractivity contribution in [2.75, 3.05) is 0 Å². The summed E-state index contributed by atoms with van der Waals surface area (Å²) in [5.74, 6) is -1.38. The molecule has 0 rings (SSSR count). The fourth-order valence-electron chi connectivity index (χ4n) is 4.73. The fourth-order valence-corrected chi connectivity index (χ4v) is 4.73. The molecule has 0 aromatic heterocycles. The molecule has 0 saturated carbocycles. The van der Waals surface area contributed by atoms with Crippen molar-refractivity contribution < 1.29 is 49.5 Å². The third-order valence-corrected chi connectivity index (χ3v) is 7.45. The Bertz CT molecular complexity index is 583.